The maximum absolute atomic E-state index is 4.34. The van der Waals surface area contributed by atoms with E-state index in [9.17, 15) is 0 Å². The quantitative estimate of drug-likeness (QED) is 0.363. The fourth-order valence-electron chi connectivity index (χ4n) is 1.35. The summed E-state index contributed by atoms with van der Waals surface area (Å²) in [7, 11) is -0.917. The minimum atomic E-state index is -0.917. The molecule has 1 unspecified atom stereocenters. The molecular formula is C11H25NSSi. The fraction of sp³-hybridized carbons (Fsp3) is 0.909. The molecule has 0 aromatic carbocycles. The van der Waals surface area contributed by atoms with Crippen LogP contribution in [0.1, 0.15) is 33.1 Å². The summed E-state index contributed by atoms with van der Waals surface area (Å²) in [6.45, 7) is 12.8. The van der Waals surface area contributed by atoms with Gasteiger partial charge >= 0.3 is 0 Å². The molecule has 0 rings (SSSR count). The Morgan fingerprint density at radius 3 is 2.50 bits per heavy atom. The third kappa shape index (κ3) is 10.3. The van der Waals surface area contributed by atoms with Gasteiger partial charge in [0.2, 0.25) is 0 Å². The summed E-state index contributed by atoms with van der Waals surface area (Å²) in [4.78, 5) is 4.34. The Morgan fingerprint density at radius 1 is 1.36 bits per heavy atom. The molecular weight excluding hydrogens is 206 g/mol. The molecule has 0 N–H and O–H groups in total. The predicted molar refractivity (Wildman–Crippen MR) is 73.3 cm³/mol. The Kier molecular flexibility index (Phi) is 7.65. The van der Waals surface area contributed by atoms with Crippen LogP contribution >= 0.6 is 11.2 Å². The lowest BCUT2D eigenvalue weighted by Crippen LogP contribution is -2.18. The van der Waals surface area contributed by atoms with Crippen molar-refractivity contribution in [3.8, 4) is 0 Å². The van der Waals surface area contributed by atoms with Crippen molar-refractivity contribution in [2.24, 2.45) is 4.99 Å². The van der Waals surface area contributed by atoms with Crippen molar-refractivity contribution in [2.45, 2.75) is 58.0 Å². The summed E-state index contributed by atoms with van der Waals surface area (Å²) < 4.78 is 0. The largest absolute Gasteiger partial charge is 0.298 e. The lowest BCUT2D eigenvalue weighted by Gasteiger charge is -2.20. The van der Waals surface area contributed by atoms with Crippen LogP contribution in [-0.2, 0) is 0 Å². The highest BCUT2D eigenvalue weighted by molar-refractivity contribution is 8.29. The fourth-order valence-corrected chi connectivity index (χ4v) is 6.82. The minimum Gasteiger partial charge on any atom is -0.298 e. The second-order valence-electron chi connectivity index (χ2n) is 4.68. The van der Waals surface area contributed by atoms with Crippen molar-refractivity contribution in [1.29, 1.82) is 0 Å². The van der Waals surface area contributed by atoms with E-state index in [0.29, 0.717) is 0 Å². The molecule has 1 nitrogen and oxygen atoms in total. The van der Waals surface area contributed by atoms with Gasteiger partial charge in [0.05, 0.1) is 0 Å². The van der Waals surface area contributed by atoms with Crippen molar-refractivity contribution in [1.82, 2.24) is 0 Å². The Bertz CT molecular complexity index is 163. The number of nitrogens with zero attached hydrogens (tertiary/aromatic N) is 1. The summed E-state index contributed by atoms with van der Waals surface area (Å²) in [6, 6.07) is 0. The lowest BCUT2D eigenvalue weighted by atomic mass is 10.2. The van der Waals surface area contributed by atoms with Crippen LogP contribution in [0.5, 0.6) is 0 Å². The van der Waals surface area contributed by atoms with Crippen LogP contribution in [0, 0.1) is 0 Å². The first-order chi connectivity index (χ1) is 6.45. The second-order valence-corrected chi connectivity index (χ2v) is 14.3. The van der Waals surface area contributed by atoms with Crippen molar-refractivity contribution in [3.05, 3.63) is 0 Å². The predicted octanol–water partition coefficient (Wildman–Crippen LogP) is 4.20. The summed E-state index contributed by atoms with van der Waals surface area (Å²) >= 11 is 2.21. The van der Waals surface area contributed by atoms with Gasteiger partial charge in [0.25, 0.3) is 0 Å². The van der Waals surface area contributed by atoms with Crippen molar-refractivity contribution in [2.75, 3.05) is 6.54 Å². The molecule has 0 aromatic rings. The molecule has 0 heterocycles. The van der Waals surface area contributed by atoms with Gasteiger partial charge in [-0.05, 0) is 30.7 Å². The highest BCUT2D eigenvalue weighted by Crippen LogP contribution is 2.26. The van der Waals surface area contributed by atoms with Crippen molar-refractivity contribution >= 4 is 24.6 Å². The van der Waals surface area contributed by atoms with Crippen molar-refractivity contribution in [3.63, 3.8) is 0 Å². The monoisotopic (exact) mass is 231 g/mol. The van der Waals surface area contributed by atoms with E-state index in [0.717, 1.165) is 18.2 Å². The topological polar surface area (TPSA) is 12.4 Å². The van der Waals surface area contributed by atoms with E-state index in [2.05, 4.69) is 49.7 Å². The number of hydrogen-bond donors (Lipinski definition) is 0. The Morgan fingerprint density at radius 2 is 2.00 bits per heavy atom. The zero-order chi connectivity index (χ0) is 11.0. The summed E-state index contributed by atoms with van der Waals surface area (Å²) in [5, 5.41) is 0.818. The van der Waals surface area contributed by atoms with Crippen LogP contribution in [0.2, 0.25) is 19.6 Å². The smallest absolute Gasteiger partial charge is 0.108 e. The molecule has 0 spiro atoms. The number of aliphatic imine (C=N–C) groups is 1. The third-order valence-corrected chi connectivity index (χ3v) is 6.44. The van der Waals surface area contributed by atoms with Crippen LogP contribution in [-0.4, -0.2) is 25.2 Å². The van der Waals surface area contributed by atoms with E-state index in [1.807, 2.05) is 6.21 Å². The average Bonchev–Trinajstić information content (AvgIpc) is 2.00. The molecule has 3 heteroatoms. The van der Waals surface area contributed by atoms with E-state index in [1.54, 1.807) is 0 Å². The minimum absolute atomic E-state index is 0.818. The van der Waals surface area contributed by atoms with Crippen LogP contribution in [0.3, 0.4) is 0 Å². The van der Waals surface area contributed by atoms with Gasteiger partial charge in [-0.2, -0.15) is 11.2 Å². The first-order valence-electron chi connectivity index (χ1n) is 5.62. The number of rotatable bonds is 7. The van der Waals surface area contributed by atoms with Gasteiger partial charge in [0.15, 0.2) is 0 Å². The van der Waals surface area contributed by atoms with Gasteiger partial charge < -0.3 is 0 Å². The molecule has 0 aliphatic rings. The van der Waals surface area contributed by atoms with E-state index >= 15 is 0 Å². The molecule has 0 amide bonds. The Labute approximate surface area is 94.4 Å². The zero-order valence-corrected chi connectivity index (χ0v) is 12.2. The van der Waals surface area contributed by atoms with Gasteiger partial charge in [-0.3, -0.25) is 4.99 Å². The summed E-state index contributed by atoms with van der Waals surface area (Å²) in [5.74, 6) is 0. The first-order valence-corrected chi connectivity index (χ1v) is 10.7. The van der Waals surface area contributed by atoms with E-state index in [1.165, 1.54) is 12.8 Å². The maximum Gasteiger partial charge on any atom is 0.108 e. The van der Waals surface area contributed by atoms with Crippen molar-refractivity contribution < 1.29 is 0 Å². The molecule has 14 heavy (non-hydrogen) atoms. The van der Waals surface area contributed by atoms with Gasteiger partial charge in [-0.15, -0.1) is 0 Å². The van der Waals surface area contributed by atoms with Crippen LogP contribution in [0.15, 0.2) is 4.99 Å². The molecule has 0 aromatic heterocycles. The zero-order valence-electron chi connectivity index (χ0n) is 10.3. The van der Waals surface area contributed by atoms with Gasteiger partial charge in [0.1, 0.15) is 7.22 Å². The molecule has 0 saturated carbocycles. The van der Waals surface area contributed by atoms with Crippen LogP contribution in [0.4, 0.5) is 0 Å². The molecule has 1 atom stereocenters. The first kappa shape index (κ1) is 14.2. The lowest BCUT2D eigenvalue weighted by molar-refractivity contribution is 0.743. The molecule has 0 saturated heterocycles. The maximum atomic E-state index is 4.34. The van der Waals surface area contributed by atoms with Gasteiger partial charge in [-0.1, -0.05) is 33.5 Å². The highest BCUT2D eigenvalue weighted by atomic mass is 32.4. The van der Waals surface area contributed by atoms with Gasteiger partial charge in [0, 0.05) is 6.54 Å². The second kappa shape index (κ2) is 7.52. The van der Waals surface area contributed by atoms with Crippen LogP contribution < -0.4 is 0 Å². The summed E-state index contributed by atoms with van der Waals surface area (Å²) in [5.41, 5.74) is 0. The van der Waals surface area contributed by atoms with Gasteiger partial charge in [-0.25, -0.2) is 0 Å². The Balaban J connectivity index is 3.45. The van der Waals surface area contributed by atoms with E-state index in [4.69, 9.17) is 0 Å². The molecule has 84 valence electrons. The molecule has 0 aliphatic carbocycles. The van der Waals surface area contributed by atoms with Crippen LogP contribution in [0.25, 0.3) is 0 Å². The molecule has 0 bridgehead atoms. The average molecular weight is 231 g/mol. The Hall–Kier alpha value is 0.237. The number of hydrogen-bond acceptors (Lipinski definition) is 2. The third-order valence-electron chi connectivity index (χ3n) is 1.76. The molecule has 0 aliphatic heterocycles. The highest BCUT2D eigenvalue weighted by Gasteiger charge is 2.17. The SMILES string of the molecule is CC/C=N/CCCC(C)S[Si](C)(C)C. The molecule has 0 radical (unpaired) electrons. The standard InChI is InChI=1S/C11H25NSSi/c1-6-9-12-10-7-8-11(2)13-14(3,4)5/h9,11H,6-8,10H2,1-5H3/b12-9+. The normalized spacial score (nSPS) is 14.9. The van der Waals surface area contributed by atoms with E-state index in [-0.39, 0.29) is 0 Å². The summed E-state index contributed by atoms with van der Waals surface area (Å²) in [6.07, 6.45) is 5.65. The molecule has 0 fully saturated rings. The van der Waals surface area contributed by atoms with E-state index < -0.39 is 7.22 Å².